The Morgan fingerprint density at radius 1 is 0.963 bits per heavy atom. The monoisotopic (exact) mass is 378 g/mol. The number of hydrogen-bond donors (Lipinski definition) is 0. The lowest BCUT2D eigenvalue weighted by atomic mass is 9.83. The standard InChI is InChI=1S/C21H21F3O3/c1-13-2-4-14(5-3-13)12-26-16-8-6-15(7-9-16)21(25)27-17-10-18(22)20(24)19(23)11-17/h6-11,13-14H,2-5,12H2,1H3/t13-,14-. The SMILES string of the molecule is C[C@H]1CC[C@H](COc2ccc(C(=O)Oc3cc(F)c(F)c(F)c3)cc2)CC1. The first-order valence-corrected chi connectivity index (χ1v) is 9.02. The fraction of sp³-hybridized carbons (Fsp3) is 0.381. The molecule has 0 unspecified atom stereocenters. The lowest BCUT2D eigenvalue weighted by Crippen LogP contribution is -2.18. The lowest BCUT2D eigenvalue weighted by Gasteiger charge is -2.26. The van der Waals surface area contributed by atoms with Crippen LogP contribution in [-0.2, 0) is 0 Å². The molecule has 0 aromatic heterocycles. The zero-order chi connectivity index (χ0) is 19.4. The highest BCUT2D eigenvalue weighted by atomic mass is 19.2. The number of halogens is 3. The van der Waals surface area contributed by atoms with Gasteiger partial charge in [0.05, 0.1) is 12.2 Å². The highest BCUT2D eigenvalue weighted by Crippen LogP contribution is 2.29. The summed E-state index contributed by atoms with van der Waals surface area (Å²) in [6.07, 6.45) is 4.78. The summed E-state index contributed by atoms with van der Waals surface area (Å²) in [6, 6.07) is 7.56. The van der Waals surface area contributed by atoms with Crippen LogP contribution >= 0.6 is 0 Å². The van der Waals surface area contributed by atoms with E-state index in [4.69, 9.17) is 9.47 Å². The number of benzene rings is 2. The lowest BCUT2D eigenvalue weighted by molar-refractivity contribution is 0.0733. The maximum absolute atomic E-state index is 13.2. The van der Waals surface area contributed by atoms with Gasteiger partial charge in [-0.05, 0) is 48.9 Å². The summed E-state index contributed by atoms with van der Waals surface area (Å²) in [7, 11) is 0. The van der Waals surface area contributed by atoms with Gasteiger partial charge in [0.15, 0.2) is 17.5 Å². The zero-order valence-corrected chi connectivity index (χ0v) is 15.0. The minimum Gasteiger partial charge on any atom is -0.493 e. The molecule has 1 fully saturated rings. The van der Waals surface area contributed by atoms with E-state index in [1.54, 1.807) is 12.1 Å². The third-order valence-corrected chi connectivity index (χ3v) is 4.88. The van der Waals surface area contributed by atoms with Crippen LogP contribution in [0, 0.1) is 29.3 Å². The summed E-state index contributed by atoms with van der Waals surface area (Å²) in [6.45, 7) is 2.91. The van der Waals surface area contributed by atoms with Crippen LogP contribution in [0.4, 0.5) is 13.2 Å². The Balaban J connectivity index is 1.55. The molecule has 0 saturated heterocycles. The Hall–Kier alpha value is -2.50. The molecule has 0 atom stereocenters. The smallest absolute Gasteiger partial charge is 0.343 e. The van der Waals surface area contributed by atoms with Gasteiger partial charge in [0.2, 0.25) is 0 Å². The summed E-state index contributed by atoms with van der Waals surface area (Å²) in [5.74, 6) is -3.66. The van der Waals surface area contributed by atoms with Crippen molar-refractivity contribution in [1.29, 1.82) is 0 Å². The molecule has 0 spiro atoms. The second kappa shape index (κ2) is 8.46. The van der Waals surface area contributed by atoms with Crippen LogP contribution in [0.1, 0.15) is 43.0 Å². The fourth-order valence-electron chi connectivity index (χ4n) is 3.15. The van der Waals surface area contributed by atoms with Crippen LogP contribution in [0.25, 0.3) is 0 Å². The van der Waals surface area contributed by atoms with Crippen LogP contribution < -0.4 is 9.47 Å². The number of carbonyl (C=O) groups is 1. The fourth-order valence-corrected chi connectivity index (χ4v) is 3.15. The minimum absolute atomic E-state index is 0.194. The van der Waals surface area contributed by atoms with Crippen LogP contribution in [0.5, 0.6) is 11.5 Å². The zero-order valence-electron chi connectivity index (χ0n) is 15.0. The van der Waals surface area contributed by atoms with Crippen molar-refractivity contribution >= 4 is 5.97 Å². The Morgan fingerprint density at radius 2 is 1.56 bits per heavy atom. The highest BCUT2D eigenvalue weighted by molar-refractivity contribution is 5.91. The molecule has 0 N–H and O–H groups in total. The maximum Gasteiger partial charge on any atom is 0.343 e. The van der Waals surface area contributed by atoms with E-state index in [1.165, 1.54) is 25.0 Å². The average molecular weight is 378 g/mol. The Morgan fingerprint density at radius 3 is 2.15 bits per heavy atom. The number of ether oxygens (including phenoxy) is 2. The van der Waals surface area contributed by atoms with E-state index in [2.05, 4.69) is 6.92 Å². The van der Waals surface area contributed by atoms with Gasteiger partial charge in [-0.15, -0.1) is 0 Å². The number of hydrogen-bond acceptors (Lipinski definition) is 3. The Bertz CT molecular complexity index is 774. The Labute approximate surface area is 156 Å². The summed E-state index contributed by atoms with van der Waals surface area (Å²) >= 11 is 0. The summed E-state index contributed by atoms with van der Waals surface area (Å²) in [4.78, 5) is 12.1. The molecule has 2 aromatic carbocycles. The first kappa shape index (κ1) is 19.3. The van der Waals surface area contributed by atoms with Crippen molar-refractivity contribution in [2.75, 3.05) is 6.61 Å². The first-order valence-electron chi connectivity index (χ1n) is 9.02. The largest absolute Gasteiger partial charge is 0.493 e. The molecule has 0 heterocycles. The third-order valence-electron chi connectivity index (χ3n) is 4.88. The molecule has 144 valence electrons. The third kappa shape index (κ3) is 5.02. The van der Waals surface area contributed by atoms with Gasteiger partial charge in [0, 0.05) is 12.1 Å². The second-order valence-corrected chi connectivity index (χ2v) is 7.05. The quantitative estimate of drug-likeness (QED) is 0.390. The van der Waals surface area contributed by atoms with Crippen molar-refractivity contribution in [3.05, 3.63) is 59.4 Å². The summed E-state index contributed by atoms with van der Waals surface area (Å²) in [5.41, 5.74) is 0.194. The molecule has 0 radical (unpaired) electrons. The molecule has 0 bridgehead atoms. The maximum atomic E-state index is 13.2. The molecule has 1 aliphatic rings. The molecule has 1 aliphatic carbocycles. The molecule has 6 heteroatoms. The van der Waals surface area contributed by atoms with E-state index in [0.717, 1.165) is 18.8 Å². The van der Waals surface area contributed by atoms with Crippen LogP contribution in [-0.4, -0.2) is 12.6 Å². The van der Waals surface area contributed by atoms with E-state index in [-0.39, 0.29) is 5.56 Å². The van der Waals surface area contributed by atoms with Crippen molar-refractivity contribution < 1.29 is 27.4 Å². The predicted octanol–water partition coefficient (Wildman–Crippen LogP) is 5.53. The van der Waals surface area contributed by atoms with Crippen LogP contribution in [0.15, 0.2) is 36.4 Å². The van der Waals surface area contributed by atoms with E-state index < -0.39 is 29.2 Å². The van der Waals surface area contributed by atoms with Gasteiger partial charge < -0.3 is 9.47 Å². The van der Waals surface area contributed by atoms with E-state index in [1.807, 2.05) is 0 Å². The minimum atomic E-state index is -1.61. The van der Waals surface area contributed by atoms with Crippen molar-refractivity contribution in [1.82, 2.24) is 0 Å². The highest BCUT2D eigenvalue weighted by Gasteiger charge is 2.19. The molecule has 1 saturated carbocycles. The molecule has 3 nitrogen and oxygen atoms in total. The van der Waals surface area contributed by atoms with Crippen LogP contribution in [0.2, 0.25) is 0 Å². The molecule has 0 aliphatic heterocycles. The summed E-state index contributed by atoms with van der Waals surface area (Å²) < 4.78 is 50.0. The van der Waals surface area contributed by atoms with Gasteiger partial charge in [-0.3, -0.25) is 0 Å². The topological polar surface area (TPSA) is 35.5 Å². The van der Waals surface area contributed by atoms with Gasteiger partial charge >= 0.3 is 5.97 Å². The number of esters is 1. The van der Waals surface area contributed by atoms with Gasteiger partial charge in [0.25, 0.3) is 0 Å². The normalized spacial score (nSPS) is 19.6. The van der Waals surface area contributed by atoms with Crippen molar-refractivity contribution in [2.24, 2.45) is 11.8 Å². The molecule has 3 rings (SSSR count). The molecule has 27 heavy (non-hydrogen) atoms. The molecular weight excluding hydrogens is 357 g/mol. The predicted molar refractivity (Wildman–Crippen MR) is 94.3 cm³/mol. The summed E-state index contributed by atoms with van der Waals surface area (Å²) in [5, 5.41) is 0. The Kier molecular flexibility index (Phi) is 6.04. The van der Waals surface area contributed by atoms with Crippen molar-refractivity contribution in [3.63, 3.8) is 0 Å². The van der Waals surface area contributed by atoms with Gasteiger partial charge in [-0.2, -0.15) is 0 Å². The van der Waals surface area contributed by atoms with E-state index in [0.29, 0.717) is 30.4 Å². The van der Waals surface area contributed by atoms with Gasteiger partial charge in [-0.25, -0.2) is 18.0 Å². The van der Waals surface area contributed by atoms with Gasteiger partial charge in [-0.1, -0.05) is 19.8 Å². The average Bonchev–Trinajstić information content (AvgIpc) is 2.66. The molecular formula is C21H21F3O3. The van der Waals surface area contributed by atoms with Gasteiger partial charge in [0.1, 0.15) is 11.5 Å². The van der Waals surface area contributed by atoms with Crippen LogP contribution in [0.3, 0.4) is 0 Å². The van der Waals surface area contributed by atoms with Crippen molar-refractivity contribution in [3.8, 4) is 11.5 Å². The number of rotatable bonds is 5. The van der Waals surface area contributed by atoms with E-state index >= 15 is 0 Å². The first-order chi connectivity index (χ1) is 12.9. The molecule has 2 aromatic rings. The van der Waals surface area contributed by atoms with E-state index in [9.17, 15) is 18.0 Å². The molecule has 0 amide bonds. The van der Waals surface area contributed by atoms with Crippen molar-refractivity contribution in [2.45, 2.75) is 32.6 Å². The number of carbonyl (C=O) groups excluding carboxylic acids is 1. The second-order valence-electron chi connectivity index (χ2n) is 7.05.